The molecule has 0 radical (unpaired) electrons. The Kier molecular flexibility index (Phi) is 5.11. The van der Waals surface area contributed by atoms with E-state index < -0.39 is 6.17 Å². The Bertz CT molecular complexity index is 1330. The van der Waals surface area contributed by atoms with Crippen LogP contribution in [0.3, 0.4) is 0 Å². The van der Waals surface area contributed by atoms with Gasteiger partial charge in [-0.3, -0.25) is 15.1 Å². The first kappa shape index (κ1) is 19.6. The lowest BCUT2D eigenvalue weighted by atomic mass is 9.99. The number of ether oxygens (including phenoxy) is 1. The van der Waals surface area contributed by atoms with Crippen LogP contribution >= 0.6 is 11.8 Å². The van der Waals surface area contributed by atoms with E-state index in [-0.39, 0.29) is 5.91 Å². The number of nitrogens with zero attached hydrogens (tertiary/aromatic N) is 3. The summed E-state index contributed by atoms with van der Waals surface area (Å²) in [5.74, 6) is 1.38. The lowest BCUT2D eigenvalue weighted by molar-refractivity contribution is -0.116. The molecule has 3 aromatic rings. The molecule has 5 rings (SSSR count). The minimum Gasteiger partial charge on any atom is -0.493 e. The van der Waals surface area contributed by atoms with Gasteiger partial charge in [-0.2, -0.15) is 0 Å². The molecule has 1 N–H and O–H groups in total. The summed E-state index contributed by atoms with van der Waals surface area (Å²) in [4.78, 5) is 18.2. The van der Waals surface area contributed by atoms with Crippen LogP contribution in [-0.2, 0) is 4.79 Å². The van der Waals surface area contributed by atoms with Gasteiger partial charge in [0.25, 0.3) is 5.91 Å². The normalized spacial score (nSPS) is 17.4. The predicted octanol–water partition coefficient (Wildman–Crippen LogP) is 3.13. The topological polar surface area (TPSA) is 66.3 Å². The van der Waals surface area contributed by atoms with Gasteiger partial charge in [0.2, 0.25) is 0 Å². The van der Waals surface area contributed by atoms with E-state index in [9.17, 15) is 4.79 Å². The largest absolute Gasteiger partial charge is 0.493 e. The van der Waals surface area contributed by atoms with Crippen LogP contribution in [0.1, 0.15) is 25.6 Å². The van der Waals surface area contributed by atoms with E-state index in [2.05, 4.69) is 23.5 Å². The maximum absolute atomic E-state index is 13.2. The third-order valence-electron chi connectivity index (χ3n) is 5.29. The fourth-order valence-corrected chi connectivity index (χ4v) is 4.62. The number of carbonyl (C=O) groups excluding carboxylic acids is 1. The second-order valence-corrected chi connectivity index (χ2v) is 8.39. The third-order valence-corrected chi connectivity index (χ3v) is 6.03. The molecule has 2 aliphatic rings. The number of fused-ring (bicyclic) bond motifs is 3. The van der Waals surface area contributed by atoms with Crippen molar-refractivity contribution in [2.75, 3.05) is 12.4 Å². The number of hydrazone groups is 1. The monoisotopic (exact) mass is 430 g/mol. The molecule has 0 saturated heterocycles. The molecule has 0 bridgehead atoms. The van der Waals surface area contributed by atoms with Gasteiger partial charge in [-0.25, -0.2) is 5.01 Å². The van der Waals surface area contributed by atoms with E-state index in [0.29, 0.717) is 17.5 Å². The van der Waals surface area contributed by atoms with Gasteiger partial charge in [0.1, 0.15) is 11.4 Å². The molecule has 2 aliphatic heterocycles. The highest BCUT2D eigenvalue weighted by molar-refractivity contribution is 8.13. The molecule has 0 fully saturated rings. The van der Waals surface area contributed by atoms with Gasteiger partial charge >= 0.3 is 0 Å². The van der Waals surface area contributed by atoms with E-state index in [0.717, 1.165) is 38.4 Å². The van der Waals surface area contributed by atoms with E-state index in [4.69, 9.17) is 14.8 Å². The minimum absolute atomic E-state index is 0.170. The number of amides is 1. The molecule has 6 nitrogen and oxygen atoms in total. The number of rotatable bonds is 4. The Morgan fingerprint density at radius 3 is 2.71 bits per heavy atom. The molecule has 3 aromatic carbocycles. The number of thioether (sulfide) groups is 1. The lowest BCUT2D eigenvalue weighted by Gasteiger charge is -2.35. The maximum Gasteiger partial charge on any atom is 0.276 e. The second-order valence-electron chi connectivity index (χ2n) is 7.14. The smallest absolute Gasteiger partial charge is 0.276 e. The molecule has 1 unspecified atom stereocenters. The lowest BCUT2D eigenvalue weighted by Crippen LogP contribution is -2.50. The molecule has 1 atom stereocenters. The molecule has 0 aromatic heterocycles. The quantitative estimate of drug-likeness (QED) is 0.691. The molecular weight excluding hydrogens is 408 g/mol. The number of para-hydroxylation sites is 1. The van der Waals surface area contributed by atoms with Crippen molar-refractivity contribution in [1.29, 1.82) is 0 Å². The van der Waals surface area contributed by atoms with Crippen molar-refractivity contribution >= 4 is 39.3 Å². The summed E-state index contributed by atoms with van der Waals surface area (Å²) < 4.78 is 6.02. The highest BCUT2D eigenvalue weighted by atomic mass is 32.2. The summed E-state index contributed by atoms with van der Waals surface area (Å²) in [7, 11) is 0. The van der Waals surface area contributed by atoms with Crippen molar-refractivity contribution in [3.63, 3.8) is 0 Å². The van der Waals surface area contributed by atoms with Crippen LogP contribution in [0.2, 0.25) is 0 Å². The predicted molar refractivity (Wildman–Crippen MR) is 124 cm³/mol. The molecule has 0 spiro atoms. The third kappa shape index (κ3) is 3.35. The fourth-order valence-electron chi connectivity index (χ4n) is 4.04. The Balaban J connectivity index is 1.82. The Labute approximate surface area is 184 Å². The number of hydrogen-bond donors (Lipinski definition) is 1. The fraction of sp³-hybridized carbons (Fsp3) is 0.208. The van der Waals surface area contributed by atoms with Gasteiger partial charge in [-0.05, 0) is 35.6 Å². The number of benzene rings is 3. The van der Waals surface area contributed by atoms with E-state index in [1.165, 1.54) is 11.8 Å². The summed E-state index contributed by atoms with van der Waals surface area (Å²) in [5.41, 5.74) is 1.41. The zero-order valence-electron chi connectivity index (χ0n) is 17.3. The standard InChI is InChI=1S/C24H22N4O2S/c1-3-30-19-14-13-15-9-5-6-10-16(15)20(19)22-25-18-12-8-7-11-17(18)21-23(29)26-24(31-4-2)27-28(21)22/h5-14,22H,3-4H2,1-2H3,(H,26,27,29). The first-order chi connectivity index (χ1) is 15.2. The van der Waals surface area contributed by atoms with Crippen molar-refractivity contribution in [3.8, 4) is 5.75 Å². The van der Waals surface area contributed by atoms with Crippen molar-refractivity contribution in [2.45, 2.75) is 20.0 Å². The van der Waals surface area contributed by atoms with Crippen LogP contribution in [0, 0.1) is 0 Å². The van der Waals surface area contributed by atoms with Gasteiger partial charge in [-0.15, -0.1) is 5.10 Å². The van der Waals surface area contributed by atoms with Gasteiger partial charge in [0, 0.05) is 10.8 Å². The first-order valence-corrected chi connectivity index (χ1v) is 11.3. The summed E-state index contributed by atoms with van der Waals surface area (Å²) >= 11 is 1.50. The highest BCUT2D eigenvalue weighted by Gasteiger charge is 2.36. The summed E-state index contributed by atoms with van der Waals surface area (Å²) in [6.07, 6.45) is -0.518. The van der Waals surface area contributed by atoms with Crippen LogP contribution in [0.15, 0.2) is 70.8 Å². The number of nitrogens with one attached hydrogen (secondary N) is 1. The zero-order valence-corrected chi connectivity index (χ0v) is 18.1. The van der Waals surface area contributed by atoms with E-state index in [1.807, 2.05) is 56.3 Å². The van der Waals surface area contributed by atoms with Crippen molar-refractivity contribution in [2.24, 2.45) is 10.1 Å². The molecular formula is C24H22N4O2S. The molecule has 7 heteroatoms. The summed E-state index contributed by atoms with van der Waals surface area (Å²) in [6, 6.07) is 19.9. The SMILES string of the molecule is CCOc1ccc2ccccc2c1C1N=c2ccccc2=C2C(=O)NC(SCC)=NN21. The average molecular weight is 431 g/mol. The van der Waals surface area contributed by atoms with Gasteiger partial charge in [0.15, 0.2) is 11.3 Å². The van der Waals surface area contributed by atoms with Gasteiger partial charge in [-0.1, -0.05) is 67.2 Å². The number of hydrogen-bond acceptors (Lipinski definition) is 6. The maximum atomic E-state index is 13.2. The van der Waals surface area contributed by atoms with Crippen LogP contribution in [-0.4, -0.2) is 28.4 Å². The zero-order chi connectivity index (χ0) is 21.4. The van der Waals surface area contributed by atoms with E-state index >= 15 is 0 Å². The average Bonchev–Trinajstić information content (AvgIpc) is 2.79. The second kappa shape index (κ2) is 8.07. The Morgan fingerprint density at radius 1 is 1.06 bits per heavy atom. The number of amidine groups is 1. The van der Waals surface area contributed by atoms with Crippen LogP contribution in [0.5, 0.6) is 5.75 Å². The Hall–Kier alpha value is -3.32. The summed E-state index contributed by atoms with van der Waals surface area (Å²) in [5, 5.41) is 13.7. The molecule has 31 heavy (non-hydrogen) atoms. The van der Waals surface area contributed by atoms with E-state index in [1.54, 1.807) is 5.01 Å². The number of carbonyl (C=O) groups is 1. The minimum atomic E-state index is -0.518. The summed E-state index contributed by atoms with van der Waals surface area (Å²) in [6.45, 7) is 4.53. The molecule has 0 saturated carbocycles. The first-order valence-electron chi connectivity index (χ1n) is 10.3. The molecule has 156 valence electrons. The van der Waals surface area contributed by atoms with Crippen molar-refractivity contribution < 1.29 is 9.53 Å². The van der Waals surface area contributed by atoms with Crippen molar-refractivity contribution in [1.82, 2.24) is 10.3 Å². The van der Waals surface area contributed by atoms with Gasteiger partial charge in [0.05, 0.1) is 12.0 Å². The van der Waals surface area contributed by atoms with Crippen LogP contribution in [0.25, 0.3) is 16.5 Å². The Morgan fingerprint density at radius 2 is 1.87 bits per heavy atom. The highest BCUT2D eigenvalue weighted by Crippen LogP contribution is 2.40. The van der Waals surface area contributed by atoms with Crippen LogP contribution < -0.4 is 20.6 Å². The molecule has 0 aliphatic carbocycles. The van der Waals surface area contributed by atoms with Gasteiger partial charge < -0.3 is 4.74 Å². The molecule has 2 heterocycles. The van der Waals surface area contributed by atoms with Crippen LogP contribution in [0.4, 0.5) is 0 Å². The van der Waals surface area contributed by atoms with Crippen molar-refractivity contribution in [3.05, 3.63) is 76.8 Å². The molecule has 1 amide bonds.